The van der Waals surface area contributed by atoms with E-state index < -0.39 is 0 Å². The first-order valence-electron chi connectivity index (χ1n) is 6.72. The first-order chi connectivity index (χ1) is 10.1. The van der Waals surface area contributed by atoms with Crippen LogP contribution in [0.5, 0.6) is 0 Å². The summed E-state index contributed by atoms with van der Waals surface area (Å²) in [7, 11) is 0. The number of benzene rings is 2. The van der Waals surface area contributed by atoms with E-state index in [1.807, 2.05) is 36.4 Å². The summed E-state index contributed by atoms with van der Waals surface area (Å²) >= 11 is 6.88. The summed E-state index contributed by atoms with van der Waals surface area (Å²) in [5.74, 6) is -0.0408. The number of hydrogen-bond acceptors (Lipinski definition) is 2. The van der Waals surface area contributed by atoms with Crippen molar-refractivity contribution >= 4 is 43.5 Å². The summed E-state index contributed by atoms with van der Waals surface area (Å²) in [6.45, 7) is 0.814. The summed E-state index contributed by atoms with van der Waals surface area (Å²) in [6.07, 6.45) is 0.959. The molecule has 21 heavy (non-hydrogen) atoms. The predicted octanol–water partition coefficient (Wildman–Crippen LogP) is 4.04. The molecule has 0 bridgehead atoms. The van der Waals surface area contributed by atoms with Crippen molar-refractivity contribution in [3.05, 3.63) is 62.5 Å². The van der Waals surface area contributed by atoms with Gasteiger partial charge in [-0.3, -0.25) is 4.79 Å². The van der Waals surface area contributed by atoms with Gasteiger partial charge in [-0.2, -0.15) is 0 Å². The molecule has 2 aromatic carbocycles. The predicted molar refractivity (Wildman–Crippen MR) is 91.4 cm³/mol. The maximum Gasteiger partial charge on any atom is 0.246 e. The van der Waals surface area contributed by atoms with E-state index in [-0.39, 0.29) is 11.9 Å². The molecule has 0 fully saturated rings. The van der Waals surface area contributed by atoms with Gasteiger partial charge in [-0.15, -0.1) is 0 Å². The summed E-state index contributed by atoms with van der Waals surface area (Å²) in [5, 5.41) is 6.27. The number of nitrogens with one attached hydrogen (secondary N) is 2. The summed E-state index contributed by atoms with van der Waals surface area (Å²) in [6, 6.07) is 13.5. The Morgan fingerprint density at radius 1 is 1.19 bits per heavy atom. The van der Waals surface area contributed by atoms with Gasteiger partial charge >= 0.3 is 0 Å². The van der Waals surface area contributed by atoms with Gasteiger partial charge in [-0.05, 0) is 51.7 Å². The largest absolute Gasteiger partial charge is 0.323 e. The molecule has 108 valence electrons. The lowest BCUT2D eigenvalue weighted by atomic mass is 9.94. The van der Waals surface area contributed by atoms with Crippen LogP contribution in [0, 0.1) is 0 Å². The fourth-order valence-corrected chi connectivity index (χ4v) is 3.24. The van der Waals surface area contributed by atoms with E-state index in [0.717, 1.165) is 33.2 Å². The van der Waals surface area contributed by atoms with Crippen molar-refractivity contribution in [1.82, 2.24) is 5.32 Å². The van der Waals surface area contributed by atoms with E-state index in [1.54, 1.807) is 0 Å². The second kappa shape index (κ2) is 6.30. The number of carbonyl (C=O) groups excluding carboxylic acids is 1. The summed E-state index contributed by atoms with van der Waals surface area (Å²) in [5.41, 5.74) is 3.07. The number of halogens is 2. The van der Waals surface area contributed by atoms with Gasteiger partial charge in [0.25, 0.3) is 0 Å². The van der Waals surface area contributed by atoms with Crippen LogP contribution in [0.4, 0.5) is 5.69 Å². The first-order valence-corrected chi connectivity index (χ1v) is 8.31. The average Bonchev–Trinajstić information content (AvgIpc) is 2.50. The van der Waals surface area contributed by atoms with Crippen molar-refractivity contribution in [1.29, 1.82) is 0 Å². The van der Waals surface area contributed by atoms with Gasteiger partial charge in [0.05, 0.1) is 5.69 Å². The average molecular weight is 410 g/mol. The SMILES string of the molecule is O=C(Nc1cc(Br)ccc1Br)C1NCCc2ccccc21. The molecule has 0 aliphatic carbocycles. The van der Waals surface area contributed by atoms with Gasteiger partial charge in [-0.1, -0.05) is 40.2 Å². The van der Waals surface area contributed by atoms with Gasteiger partial charge in [0.15, 0.2) is 0 Å². The van der Waals surface area contributed by atoms with Gasteiger partial charge in [0.1, 0.15) is 6.04 Å². The topological polar surface area (TPSA) is 41.1 Å². The van der Waals surface area contributed by atoms with E-state index in [4.69, 9.17) is 0 Å². The molecule has 3 rings (SSSR count). The number of rotatable bonds is 2. The van der Waals surface area contributed by atoms with Crippen molar-refractivity contribution < 1.29 is 4.79 Å². The molecule has 0 saturated heterocycles. The van der Waals surface area contributed by atoms with Crippen LogP contribution in [0.2, 0.25) is 0 Å². The summed E-state index contributed by atoms with van der Waals surface area (Å²) in [4.78, 5) is 12.6. The fraction of sp³-hybridized carbons (Fsp3) is 0.188. The molecule has 1 aliphatic heterocycles. The Balaban J connectivity index is 1.85. The van der Waals surface area contributed by atoms with Crippen LogP contribution in [0.3, 0.4) is 0 Å². The Bertz CT molecular complexity index is 688. The highest BCUT2D eigenvalue weighted by molar-refractivity contribution is 9.11. The molecule has 1 amide bonds. The Morgan fingerprint density at radius 2 is 2.00 bits per heavy atom. The molecular formula is C16H14Br2N2O. The monoisotopic (exact) mass is 408 g/mol. The second-order valence-electron chi connectivity index (χ2n) is 4.95. The lowest BCUT2D eigenvalue weighted by Gasteiger charge is -2.26. The van der Waals surface area contributed by atoms with E-state index in [2.05, 4.69) is 48.6 Å². The van der Waals surface area contributed by atoms with Crippen LogP contribution in [0.1, 0.15) is 17.2 Å². The lowest BCUT2D eigenvalue weighted by molar-refractivity contribution is -0.118. The molecular weight excluding hydrogens is 396 g/mol. The Hall–Kier alpha value is -1.17. The first kappa shape index (κ1) is 14.8. The zero-order valence-electron chi connectivity index (χ0n) is 11.2. The van der Waals surface area contributed by atoms with Gasteiger partial charge in [-0.25, -0.2) is 0 Å². The number of anilines is 1. The molecule has 1 aliphatic rings. The molecule has 5 heteroatoms. The van der Waals surface area contributed by atoms with E-state index in [9.17, 15) is 4.79 Å². The van der Waals surface area contributed by atoms with Gasteiger partial charge in [0.2, 0.25) is 5.91 Å². The maximum absolute atomic E-state index is 12.6. The number of hydrogen-bond donors (Lipinski definition) is 2. The van der Waals surface area contributed by atoms with Crippen molar-refractivity contribution in [2.75, 3.05) is 11.9 Å². The highest BCUT2D eigenvalue weighted by Gasteiger charge is 2.26. The smallest absolute Gasteiger partial charge is 0.246 e. The normalized spacial score (nSPS) is 17.1. The van der Waals surface area contributed by atoms with Gasteiger partial charge in [0, 0.05) is 15.5 Å². The molecule has 1 atom stereocenters. The van der Waals surface area contributed by atoms with Crippen LogP contribution in [0.15, 0.2) is 51.4 Å². The lowest BCUT2D eigenvalue weighted by Crippen LogP contribution is -2.38. The van der Waals surface area contributed by atoms with Crippen molar-refractivity contribution in [2.45, 2.75) is 12.5 Å². The minimum atomic E-state index is -0.305. The van der Waals surface area contributed by atoms with E-state index in [1.165, 1.54) is 5.56 Å². The Labute approximate surface area is 140 Å². The third kappa shape index (κ3) is 3.20. The molecule has 0 spiro atoms. The third-order valence-electron chi connectivity index (χ3n) is 3.56. The standard InChI is InChI=1S/C16H14Br2N2O/c17-11-5-6-13(18)14(9-11)20-16(21)15-12-4-2-1-3-10(12)7-8-19-15/h1-6,9,15,19H,7-8H2,(H,20,21). The van der Waals surface area contributed by atoms with E-state index >= 15 is 0 Å². The van der Waals surface area contributed by atoms with Crippen molar-refractivity contribution in [3.8, 4) is 0 Å². The molecule has 0 aromatic heterocycles. The number of carbonyl (C=O) groups is 1. The highest BCUT2D eigenvalue weighted by Crippen LogP contribution is 2.28. The van der Waals surface area contributed by atoms with Crippen LogP contribution in [-0.2, 0) is 11.2 Å². The minimum Gasteiger partial charge on any atom is -0.323 e. The van der Waals surface area contributed by atoms with E-state index in [0.29, 0.717) is 0 Å². The Kier molecular flexibility index (Phi) is 4.42. The quantitative estimate of drug-likeness (QED) is 0.785. The third-order valence-corrected chi connectivity index (χ3v) is 4.74. The zero-order chi connectivity index (χ0) is 14.8. The van der Waals surface area contributed by atoms with Gasteiger partial charge < -0.3 is 10.6 Å². The number of fused-ring (bicyclic) bond motifs is 1. The van der Waals surface area contributed by atoms with Crippen LogP contribution in [0.25, 0.3) is 0 Å². The van der Waals surface area contributed by atoms with Crippen LogP contribution < -0.4 is 10.6 Å². The molecule has 3 nitrogen and oxygen atoms in total. The molecule has 2 N–H and O–H groups in total. The number of amides is 1. The van der Waals surface area contributed by atoms with Crippen molar-refractivity contribution in [3.63, 3.8) is 0 Å². The molecule has 1 heterocycles. The van der Waals surface area contributed by atoms with Crippen LogP contribution >= 0.6 is 31.9 Å². The zero-order valence-corrected chi connectivity index (χ0v) is 14.4. The molecule has 0 saturated carbocycles. The van der Waals surface area contributed by atoms with Crippen LogP contribution in [-0.4, -0.2) is 12.5 Å². The fourth-order valence-electron chi connectivity index (χ4n) is 2.54. The Morgan fingerprint density at radius 3 is 2.86 bits per heavy atom. The minimum absolute atomic E-state index is 0.0408. The second-order valence-corrected chi connectivity index (χ2v) is 6.72. The van der Waals surface area contributed by atoms with Crippen molar-refractivity contribution in [2.24, 2.45) is 0 Å². The summed E-state index contributed by atoms with van der Waals surface area (Å²) < 4.78 is 1.79. The highest BCUT2D eigenvalue weighted by atomic mass is 79.9. The maximum atomic E-state index is 12.6. The molecule has 1 unspecified atom stereocenters. The molecule has 0 radical (unpaired) electrons. The molecule has 2 aromatic rings.